The van der Waals surface area contributed by atoms with Gasteiger partial charge in [-0.2, -0.15) is 0 Å². The van der Waals surface area contributed by atoms with Crippen molar-refractivity contribution >= 4 is 47.5 Å². The summed E-state index contributed by atoms with van der Waals surface area (Å²) >= 11 is 0. The lowest BCUT2D eigenvalue weighted by molar-refractivity contribution is -0.177. The minimum Gasteiger partial charge on any atom is -0.451 e. The first-order valence-electron chi connectivity index (χ1n) is 29.4. The Morgan fingerprint density at radius 3 is 1.22 bits per heavy atom. The first kappa shape index (κ1) is 67.8. The highest BCUT2D eigenvalue weighted by molar-refractivity contribution is 5.94. The number of benzene rings is 2. The number of cyclic esters (lactones) is 4. The zero-order valence-electron chi connectivity index (χ0n) is 51.6. The maximum Gasteiger partial charge on any atom is 0.329 e. The van der Waals surface area contributed by atoms with Crippen molar-refractivity contribution in [2.45, 2.75) is 212 Å². The fourth-order valence-corrected chi connectivity index (χ4v) is 11.0. The molecule has 18 nitrogen and oxygen atoms in total. The summed E-state index contributed by atoms with van der Waals surface area (Å²) in [6, 6.07) is 8.73. The molecule has 4 amide bonds. The van der Waals surface area contributed by atoms with Crippen LogP contribution in [0.1, 0.15) is 168 Å². The van der Waals surface area contributed by atoms with E-state index >= 15 is 18.4 Å². The molecule has 0 aliphatic carbocycles. The number of alkyl halides is 2. The first-order chi connectivity index (χ1) is 38.8. The van der Waals surface area contributed by atoms with Crippen LogP contribution in [0.25, 0.3) is 0 Å². The summed E-state index contributed by atoms with van der Waals surface area (Å²) in [7, 11) is 5.08. The van der Waals surface area contributed by atoms with Crippen LogP contribution in [0.5, 0.6) is 0 Å². The van der Waals surface area contributed by atoms with Gasteiger partial charge in [0.05, 0.1) is 0 Å². The third-order valence-corrected chi connectivity index (χ3v) is 16.1. The number of rotatable bonds is 14. The molecule has 3 heterocycles. The molecule has 0 unspecified atom stereocenters. The van der Waals surface area contributed by atoms with Crippen LogP contribution >= 0.6 is 0 Å². The molecule has 20 heteroatoms. The van der Waals surface area contributed by atoms with E-state index in [2.05, 4.69) is 0 Å². The minimum atomic E-state index is -2.11. The summed E-state index contributed by atoms with van der Waals surface area (Å²) in [5.41, 5.74) is -0.991. The molecule has 0 bridgehead atoms. The molecule has 0 radical (unpaired) electrons. The Labute approximate surface area is 489 Å². The average Bonchev–Trinajstić information content (AvgIpc) is 3.46. The van der Waals surface area contributed by atoms with E-state index < -0.39 is 126 Å². The molecule has 5 rings (SSSR count). The summed E-state index contributed by atoms with van der Waals surface area (Å²) in [5, 5.41) is 0. The van der Waals surface area contributed by atoms with Gasteiger partial charge in [0.2, 0.25) is 0 Å². The van der Waals surface area contributed by atoms with Crippen LogP contribution in [-0.4, -0.2) is 182 Å². The van der Waals surface area contributed by atoms with Crippen LogP contribution < -0.4 is 0 Å². The van der Waals surface area contributed by atoms with E-state index in [0.717, 1.165) is 56.4 Å². The molecule has 9 atom stereocenters. The molecule has 3 saturated heterocycles. The van der Waals surface area contributed by atoms with Crippen molar-refractivity contribution in [1.82, 2.24) is 19.6 Å². The molecular formula is C63H92F2N4O14. The zero-order valence-corrected chi connectivity index (χ0v) is 51.6. The van der Waals surface area contributed by atoms with Crippen molar-refractivity contribution in [3.63, 3.8) is 0 Å². The fourth-order valence-electron chi connectivity index (χ4n) is 11.0. The van der Waals surface area contributed by atoms with E-state index in [1.165, 1.54) is 69.7 Å². The Morgan fingerprint density at radius 1 is 0.482 bits per heavy atom. The summed E-state index contributed by atoms with van der Waals surface area (Å²) in [6.07, 6.45) is -4.89. The van der Waals surface area contributed by atoms with Crippen LogP contribution in [0.15, 0.2) is 48.5 Å². The number of amides is 4. The Bertz CT molecular complexity index is 2540. The van der Waals surface area contributed by atoms with Gasteiger partial charge in [-0.05, 0) is 126 Å². The van der Waals surface area contributed by atoms with Gasteiger partial charge in [0.25, 0.3) is 23.6 Å². The van der Waals surface area contributed by atoms with Crippen LogP contribution in [0.2, 0.25) is 0 Å². The van der Waals surface area contributed by atoms with Crippen molar-refractivity contribution in [3.8, 4) is 0 Å². The molecule has 462 valence electrons. The zero-order chi connectivity index (χ0) is 61.8. The Hall–Kier alpha value is -6.02. The third kappa shape index (κ3) is 19.0. The van der Waals surface area contributed by atoms with Crippen LogP contribution in [0, 0.1) is 11.8 Å². The van der Waals surface area contributed by atoms with Crippen molar-refractivity contribution in [2.75, 3.05) is 54.6 Å². The molecule has 0 N–H and O–H groups in total. The number of nitrogens with zero attached hydrogens (tertiary/aromatic N) is 4. The van der Waals surface area contributed by atoms with Crippen molar-refractivity contribution in [2.24, 2.45) is 11.8 Å². The lowest BCUT2D eigenvalue weighted by atomic mass is 9.88. The molecule has 83 heavy (non-hydrogen) atoms. The highest BCUT2D eigenvalue weighted by Gasteiger charge is 2.45. The Balaban J connectivity index is 1.63. The maximum atomic E-state index is 16.0. The highest BCUT2D eigenvalue weighted by atomic mass is 19.1. The Kier molecular flexibility index (Phi) is 24.2. The second kappa shape index (κ2) is 29.7. The predicted molar refractivity (Wildman–Crippen MR) is 306 cm³/mol. The lowest BCUT2D eigenvalue weighted by Gasteiger charge is -2.37. The molecule has 0 saturated carbocycles. The van der Waals surface area contributed by atoms with E-state index in [1.807, 2.05) is 36.4 Å². The molecule has 0 aromatic heterocycles. The SMILES string of the molecule is CC(C)C[C@H]1C(=O)O[C@H](C)C(=O)N(C)[C@@H](CC(C)(C)F)C(=O)O[C@H]([C@@H](C)c2ccc(C3CCOCC3)cc2)C(=O)N(C)[C@@H](CC(C)C)C(=O)O[C@H](C)C(=O)N(C)[C@@H](CC(C)(C)F)C(=O)O[C@H](Cc2ccc(C3CCOCC3)cc2)C(=O)N1C. The van der Waals surface area contributed by atoms with Crippen LogP contribution in [0.4, 0.5) is 8.78 Å². The van der Waals surface area contributed by atoms with Crippen molar-refractivity contribution in [1.29, 1.82) is 0 Å². The Morgan fingerprint density at radius 2 is 0.831 bits per heavy atom. The van der Waals surface area contributed by atoms with Gasteiger partial charge in [0.1, 0.15) is 35.5 Å². The summed E-state index contributed by atoms with van der Waals surface area (Å²) in [5.74, 6) is -8.99. The monoisotopic (exact) mass is 1170 g/mol. The number of carbonyl (C=O) groups excluding carboxylic acids is 8. The number of ether oxygens (including phenoxy) is 6. The summed E-state index contributed by atoms with van der Waals surface area (Å²) in [4.78, 5) is 122. The molecule has 3 fully saturated rings. The largest absolute Gasteiger partial charge is 0.451 e. The van der Waals surface area contributed by atoms with Gasteiger partial charge in [0, 0.05) is 79.8 Å². The molecule has 3 aliphatic rings. The first-order valence-corrected chi connectivity index (χ1v) is 29.4. The van der Waals surface area contributed by atoms with E-state index in [9.17, 15) is 28.8 Å². The predicted octanol–water partition coefficient (Wildman–Crippen LogP) is 8.20. The molecule has 2 aromatic carbocycles. The van der Waals surface area contributed by atoms with E-state index in [1.54, 1.807) is 46.8 Å². The number of likely N-dealkylation sites (N-methyl/N-ethyl adjacent to an activating group) is 4. The van der Waals surface area contributed by atoms with Gasteiger partial charge in [-0.25, -0.2) is 28.0 Å². The van der Waals surface area contributed by atoms with Crippen molar-refractivity contribution in [3.05, 3.63) is 70.8 Å². The standard InChI is InChI=1S/C63H92F2N4O14/c1-37(2)32-48-58(74)80-41(7)55(71)69(15)51(36-63(10,11)65)61(77)83-53(39(5)43-20-22-45(23-21-43)47-26-30-79-31-27-47)57(73)67(13)49(33-38(3)4)59(75)81-40(6)54(70)68(14)50(35-62(8,9)64)60(76)82-52(56(72)66(48)12)34-42-16-18-44(19-17-42)46-24-28-78-29-25-46/h16-23,37-41,46-53H,24-36H2,1-15H3/t39-,40+,41+,48-,49-,50-,51-,52+,53+/m0/s1. The smallest absolute Gasteiger partial charge is 0.329 e. The quantitative estimate of drug-likeness (QED) is 0.129. The molecular weight excluding hydrogens is 1070 g/mol. The maximum absolute atomic E-state index is 16.0. The second-order valence-corrected chi connectivity index (χ2v) is 25.1. The average molecular weight is 1170 g/mol. The fraction of sp³-hybridized carbons (Fsp3) is 0.683. The van der Waals surface area contributed by atoms with Gasteiger partial charge >= 0.3 is 23.9 Å². The van der Waals surface area contributed by atoms with E-state index in [-0.39, 0.29) is 42.9 Å². The van der Waals surface area contributed by atoms with Crippen LogP contribution in [0.3, 0.4) is 0 Å². The lowest BCUT2D eigenvalue weighted by Crippen LogP contribution is -2.55. The van der Waals surface area contributed by atoms with Gasteiger partial charge in [-0.1, -0.05) is 83.1 Å². The third-order valence-electron chi connectivity index (χ3n) is 16.1. The number of hydrogen-bond donors (Lipinski definition) is 0. The van der Waals surface area contributed by atoms with E-state index in [4.69, 9.17) is 28.4 Å². The van der Waals surface area contributed by atoms with E-state index in [0.29, 0.717) is 37.6 Å². The van der Waals surface area contributed by atoms with Gasteiger partial charge < -0.3 is 48.0 Å². The highest BCUT2D eigenvalue weighted by Crippen LogP contribution is 2.33. The van der Waals surface area contributed by atoms with Crippen molar-refractivity contribution < 1.29 is 75.6 Å². The number of hydrogen-bond acceptors (Lipinski definition) is 14. The number of halogens is 2. The summed E-state index contributed by atoms with van der Waals surface area (Å²) in [6.45, 7) is 18.6. The summed E-state index contributed by atoms with van der Waals surface area (Å²) < 4.78 is 67.0. The number of esters is 4. The van der Waals surface area contributed by atoms with Gasteiger partial charge in [0.15, 0.2) is 24.4 Å². The topological polar surface area (TPSA) is 205 Å². The minimum absolute atomic E-state index is 0.00582. The molecule has 2 aromatic rings. The van der Waals surface area contributed by atoms with Gasteiger partial charge in [-0.3, -0.25) is 19.2 Å². The molecule has 0 spiro atoms. The normalized spacial score (nSPS) is 26.2. The number of carbonyl (C=O) groups is 8. The second-order valence-electron chi connectivity index (χ2n) is 25.1. The van der Waals surface area contributed by atoms with Crippen LogP contribution in [-0.2, 0) is 73.2 Å². The molecule has 3 aliphatic heterocycles. The van der Waals surface area contributed by atoms with Gasteiger partial charge in [-0.15, -0.1) is 0 Å².